The van der Waals surface area contributed by atoms with Crippen LogP contribution in [0, 0.1) is 0 Å². The Kier molecular flexibility index (Phi) is 4.45. The Morgan fingerprint density at radius 2 is 2.00 bits per heavy atom. The summed E-state index contributed by atoms with van der Waals surface area (Å²) in [4.78, 5) is 13.7. The van der Waals surface area contributed by atoms with E-state index >= 15 is 0 Å². The maximum atomic E-state index is 11.2. The van der Waals surface area contributed by atoms with Gasteiger partial charge in [0.2, 0.25) is 0 Å². The fourth-order valence-corrected chi connectivity index (χ4v) is 3.29. The average Bonchev–Trinajstić information content (AvgIpc) is 2.76. The number of rotatable bonds is 2. The van der Waals surface area contributed by atoms with E-state index in [2.05, 4.69) is 34.1 Å². The maximum Gasteiger partial charge on any atom is 0.407 e. The van der Waals surface area contributed by atoms with Crippen molar-refractivity contribution in [2.75, 3.05) is 20.2 Å². The van der Waals surface area contributed by atoms with Gasteiger partial charge in [0.05, 0.1) is 7.11 Å². The molecule has 2 aliphatic rings. The monoisotopic (exact) mass is 255 g/mol. The summed E-state index contributed by atoms with van der Waals surface area (Å²) >= 11 is 0. The van der Waals surface area contributed by atoms with E-state index in [1.165, 1.54) is 20.0 Å². The first kappa shape index (κ1) is 13.6. The number of alkyl carbamates (subject to hydrolysis) is 1. The van der Waals surface area contributed by atoms with E-state index in [9.17, 15) is 4.79 Å². The van der Waals surface area contributed by atoms with Crippen molar-refractivity contribution in [3.8, 4) is 0 Å². The van der Waals surface area contributed by atoms with Gasteiger partial charge >= 0.3 is 6.09 Å². The van der Waals surface area contributed by atoms with E-state index < -0.39 is 0 Å². The molecule has 104 valence electrons. The Bertz CT molecular complexity index is 288. The number of piperidine rings is 1. The highest BCUT2D eigenvalue weighted by atomic mass is 16.5. The highest BCUT2D eigenvalue weighted by molar-refractivity contribution is 5.67. The molecule has 5 nitrogen and oxygen atoms in total. The second-order valence-electron chi connectivity index (χ2n) is 5.71. The van der Waals surface area contributed by atoms with Crippen LogP contribution in [-0.4, -0.2) is 55.4 Å². The lowest BCUT2D eigenvalue weighted by Crippen LogP contribution is -2.50. The second kappa shape index (κ2) is 5.89. The molecule has 0 radical (unpaired) electrons. The Hall–Kier alpha value is -0.810. The van der Waals surface area contributed by atoms with Gasteiger partial charge in [0, 0.05) is 37.3 Å². The number of nitrogens with one attached hydrogen (secondary N) is 2. The third-order valence-corrected chi connectivity index (χ3v) is 4.06. The molecule has 3 unspecified atom stereocenters. The molecule has 0 spiro atoms. The fourth-order valence-electron chi connectivity index (χ4n) is 3.29. The van der Waals surface area contributed by atoms with Gasteiger partial charge in [-0.3, -0.25) is 4.90 Å². The van der Waals surface area contributed by atoms with Crippen LogP contribution in [0.15, 0.2) is 0 Å². The first-order valence-corrected chi connectivity index (χ1v) is 6.93. The Labute approximate surface area is 109 Å². The fraction of sp³-hybridized carbons (Fsp3) is 0.923. The van der Waals surface area contributed by atoms with Crippen LogP contribution in [0.25, 0.3) is 0 Å². The van der Waals surface area contributed by atoms with Crippen LogP contribution >= 0.6 is 0 Å². The van der Waals surface area contributed by atoms with Crippen molar-refractivity contribution in [3.63, 3.8) is 0 Å². The standard InChI is InChI=1S/C13H25N3O2/c1-9-6-12(7-10(2)14-9)16-5-4-11(8-16)15-13(17)18-3/h9-12,14H,4-8H2,1-3H3,(H,15,17). The summed E-state index contributed by atoms with van der Waals surface area (Å²) in [5, 5.41) is 6.47. The van der Waals surface area contributed by atoms with Gasteiger partial charge in [-0.25, -0.2) is 4.79 Å². The minimum absolute atomic E-state index is 0.248. The summed E-state index contributed by atoms with van der Waals surface area (Å²) in [7, 11) is 1.41. The third kappa shape index (κ3) is 3.36. The molecule has 0 aliphatic carbocycles. The number of hydrogen-bond acceptors (Lipinski definition) is 4. The van der Waals surface area contributed by atoms with Crippen LogP contribution in [0.5, 0.6) is 0 Å². The van der Waals surface area contributed by atoms with Crippen molar-refractivity contribution in [2.45, 2.75) is 57.3 Å². The van der Waals surface area contributed by atoms with Crippen LogP contribution in [0.4, 0.5) is 4.79 Å². The predicted molar refractivity (Wildman–Crippen MR) is 70.6 cm³/mol. The van der Waals surface area contributed by atoms with E-state index in [4.69, 9.17) is 0 Å². The lowest BCUT2D eigenvalue weighted by molar-refractivity contribution is 0.148. The van der Waals surface area contributed by atoms with Gasteiger partial charge in [-0.05, 0) is 33.1 Å². The van der Waals surface area contributed by atoms with Crippen molar-refractivity contribution in [2.24, 2.45) is 0 Å². The zero-order valence-corrected chi connectivity index (χ0v) is 11.6. The number of likely N-dealkylation sites (tertiary alicyclic amines) is 1. The van der Waals surface area contributed by atoms with Crippen LogP contribution in [-0.2, 0) is 4.74 Å². The largest absolute Gasteiger partial charge is 0.453 e. The Morgan fingerprint density at radius 1 is 1.33 bits per heavy atom. The number of carbonyl (C=O) groups excluding carboxylic acids is 1. The molecule has 2 heterocycles. The molecule has 18 heavy (non-hydrogen) atoms. The lowest BCUT2D eigenvalue weighted by atomic mass is 9.94. The quantitative estimate of drug-likeness (QED) is 0.771. The number of amides is 1. The summed E-state index contributed by atoms with van der Waals surface area (Å²) in [5.41, 5.74) is 0. The molecule has 0 bridgehead atoms. The minimum Gasteiger partial charge on any atom is -0.453 e. The third-order valence-electron chi connectivity index (χ3n) is 4.06. The predicted octanol–water partition coefficient (Wildman–Crippen LogP) is 0.946. The zero-order chi connectivity index (χ0) is 13.1. The van der Waals surface area contributed by atoms with E-state index in [0.29, 0.717) is 18.1 Å². The molecule has 2 rings (SSSR count). The molecular weight excluding hydrogens is 230 g/mol. The molecule has 0 aromatic rings. The highest BCUT2D eigenvalue weighted by Gasteiger charge is 2.33. The summed E-state index contributed by atoms with van der Waals surface area (Å²) in [6, 6.07) is 2.08. The molecule has 0 aromatic heterocycles. The Morgan fingerprint density at radius 3 is 2.61 bits per heavy atom. The van der Waals surface area contributed by atoms with Crippen molar-refractivity contribution in [1.82, 2.24) is 15.5 Å². The van der Waals surface area contributed by atoms with Crippen LogP contribution in [0.2, 0.25) is 0 Å². The van der Waals surface area contributed by atoms with Gasteiger partial charge in [0.15, 0.2) is 0 Å². The second-order valence-corrected chi connectivity index (χ2v) is 5.71. The molecule has 2 aliphatic heterocycles. The maximum absolute atomic E-state index is 11.2. The van der Waals surface area contributed by atoms with Gasteiger partial charge in [-0.2, -0.15) is 0 Å². The van der Waals surface area contributed by atoms with E-state index in [-0.39, 0.29) is 12.1 Å². The zero-order valence-electron chi connectivity index (χ0n) is 11.6. The topological polar surface area (TPSA) is 53.6 Å². The number of carbonyl (C=O) groups is 1. The molecule has 0 aromatic carbocycles. The smallest absolute Gasteiger partial charge is 0.407 e. The van der Waals surface area contributed by atoms with Gasteiger partial charge in [-0.15, -0.1) is 0 Å². The number of ether oxygens (including phenoxy) is 1. The minimum atomic E-state index is -0.311. The summed E-state index contributed by atoms with van der Waals surface area (Å²) < 4.78 is 4.65. The normalized spacial score (nSPS) is 37.5. The SMILES string of the molecule is COC(=O)NC1CCN(C2CC(C)NC(C)C2)C1. The number of methoxy groups -OCH3 is 1. The Balaban J connectivity index is 1.82. The van der Waals surface area contributed by atoms with Crippen LogP contribution in [0.1, 0.15) is 33.1 Å². The van der Waals surface area contributed by atoms with Gasteiger partial charge in [0.25, 0.3) is 0 Å². The summed E-state index contributed by atoms with van der Waals surface area (Å²) in [5.74, 6) is 0. The van der Waals surface area contributed by atoms with E-state index in [1.54, 1.807) is 0 Å². The molecule has 0 saturated carbocycles. The van der Waals surface area contributed by atoms with Crippen molar-refractivity contribution in [3.05, 3.63) is 0 Å². The lowest BCUT2D eigenvalue weighted by Gasteiger charge is -2.38. The number of hydrogen-bond donors (Lipinski definition) is 2. The first-order valence-electron chi connectivity index (χ1n) is 6.93. The average molecular weight is 255 g/mol. The molecule has 3 atom stereocenters. The van der Waals surface area contributed by atoms with Gasteiger partial charge in [0.1, 0.15) is 0 Å². The van der Waals surface area contributed by atoms with Gasteiger partial charge in [-0.1, -0.05) is 0 Å². The van der Waals surface area contributed by atoms with Crippen molar-refractivity contribution >= 4 is 6.09 Å². The molecule has 2 N–H and O–H groups in total. The molecule has 2 fully saturated rings. The summed E-state index contributed by atoms with van der Waals surface area (Å²) in [6.45, 7) is 6.55. The molecule has 2 saturated heterocycles. The van der Waals surface area contributed by atoms with E-state index in [1.807, 2.05) is 0 Å². The van der Waals surface area contributed by atoms with Crippen LogP contribution in [0.3, 0.4) is 0 Å². The molecule has 1 amide bonds. The van der Waals surface area contributed by atoms with Gasteiger partial charge < -0.3 is 15.4 Å². The van der Waals surface area contributed by atoms with Crippen molar-refractivity contribution < 1.29 is 9.53 Å². The number of nitrogens with zero attached hydrogens (tertiary/aromatic N) is 1. The summed E-state index contributed by atoms with van der Waals surface area (Å²) in [6.07, 6.45) is 3.13. The van der Waals surface area contributed by atoms with Crippen LogP contribution < -0.4 is 10.6 Å². The van der Waals surface area contributed by atoms with Crippen molar-refractivity contribution in [1.29, 1.82) is 0 Å². The molecular formula is C13H25N3O2. The highest BCUT2D eigenvalue weighted by Crippen LogP contribution is 2.23. The van der Waals surface area contributed by atoms with E-state index in [0.717, 1.165) is 19.5 Å². The first-order chi connectivity index (χ1) is 8.58. The molecule has 5 heteroatoms.